The average molecular weight is 317 g/mol. The smallest absolute Gasteiger partial charge is 0.253 e. The zero-order chi connectivity index (χ0) is 16.8. The molecule has 2 aromatic heterocycles. The molecule has 1 amide bonds. The maximum atomic E-state index is 12.3. The number of benzene rings is 1. The van der Waals surface area contributed by atoms with Crippen molar-refractivity contribution in [2.24, 2.45) is 0 Å². The first-order chi connectivity index (χ1) is 11.7. The lowest BCUT2D eigenvalue weighted by Gasteiger charge is -2.09. The Bertz CT molecular complexity index is 817. The van der Waals surface area contributed by atoms with Crippen LogP contribution in [0, 0.1) is 6.92 Å². The fourth-order valence-electron chi connectivity index (χ4n) is 2.52. The molecule has 0 atom stereocenters. The number of carbonyl (C=O) groups excluding carboxylic acids is 1. The third kappa shape index (κ3) is 3.84. The normalized spacial score (nSPS) is 10.4. The molecule has 0 aliphatic heterocycles. The van der Waals surface area contributed by atoms with E-state index in [9.17, 15) is 4.79 Å². The summed E-state index contributed by atoms with van der Waals surface area (Å²) in [5.41, 5.74) is 4.22. The van der Waals surface area contributed by atoms with E-state index in [1.165, 1.54) is 0 Å². The molecule has 0 aliphatic carbocycles. The van der Waals surface area contributed by atoms with Gasteiger partial charge in [0.25, 0.3) is 5.91 Å². The molecule has 24 heavy (non-hydrogen) atoms. The minimum absolute atomic E-state index is 0.101. The van der Waals surface area contributed by atoms with Gasteiger partial charge in [0, 0.05) is 30.4 Å². The lowest BCUT2D eigenvalue weighted by Crippen LogP contribution is -2.26. The van der Waals surface area contributed by atoms with E-state index in [4.69, 9.17) is 0 Å². The number of nitrogens with zero attached hydrogens (tertiary/aromatic N) is 2. The van der Waals surface area contributed by atoms with Gasteiger partial charge in [0.2, 0.25) is 0 Å². The SMILES string of the molecule is Cc1nc(-c2ccccc2)ccc1C(=O)NCCc1ccccn1. The number of pyridine rings is 2. The van der Waals surface area contributed by atoms with Gasteiger partial charge < -0.3 is 5.32 Å². The van der Waals surface area contributed by atoms with Gasteiger partial charge >= 0.3 is 0 Å². The number of hydrogen-bond donors (Lipinski definition) is 1. The lowest BCUT2D eigenvalue weighted by molar-refractivity contribution is 0.0953. The summed E-state index contributed by atoms with van der Waals surface area (Å²) in [6.07, 6.45) is 2.47. The van der Waals surface area contributed by atoms with Gasteiger partial charge in [0.1, 0.15) is 0 Å². The summed E-state index contributed by atoms with van der Waals surface area (Å²) in [4.78, 5) is 21.1. The number of amides is 1. The molecular weight excluding hydrogens is 298 g/mol. The van der Waals surface area contributed by atoms with E-state index in [1.807, 2.05) is 67.6 Å². The Labute approximate surface area is 141 Å². The van der Waals surface area contributed by atoms with Crippen molar-refractivity contribution >= 4 is 5.91 Å². The van der Waals surface area contributed by atoms with Crippen LogP contribution < -0.4 is 5.32 Å². The number of aryl methyl sites for hydroxylation is 1. The first-order valence-electron chi connectivity index (χ1n) is 7.95. The molecule has 3 rings (SSSR count). The molecule has 0 unspecified atom stereocenters. The van der Waals surface area contributed by atoms with Crippen LogP contribution >= 0.6 is 0 Å². The summed E-state index contributed by atoms with van der Waals surface area (Å²) in [5.74, 6) is -0.101. The maximum absolute atomic E-state index is 12.3. The molecule has 4 nitrogen and oxygen atoms in total. The second kappa shape index (κ2) is 7.51. The second-order valence-corrected chi connectivity index (χ2v) is 5.52. The van der Waals surface area contributed by atoms with Crippen LogP contribution in [-0.2, 0) is 6.42 Å². The first-order valence-corrected chi connectivity index (χ1v) is 7.95. The monoisotopic (exact) mass is 317 g/mol. The predicted octanol–water partition coefficient (Wildman–Crippen LogP) is 3.42. The Morgan fingerprint density at radius 2 is 1.79 bits per heavy atom. The molecule has 0 aliphatic rings. The van der Waals surface area contributed by atoms with E-state index in [2.05, 4.69) is 15.3 Å². The van der Waals surface area contributed by atoms with Gasteiger partial charge in [-0.25, -0.2) is 0 Å². The Morgan fingerprint density at radius 3 is 2.50 bits per heavy atom. The lowest BCUT2D eigenvalue weighted by atomic mass is 10.1. The third-order valence-corrected chi connectivity index (χ3v) is 3.79. The minimum Gasteiger partial charge on any atom is -0.352 e. The highest BCUT2D eigenvalue weighted by molar-refractivity contribution is 5.95. The zero-order valence-electron chi connectivity index (χ0n) is 13.6. The van der Waals surface area contributed by atoms with Gasteiger partial charge in [-0.1, -0.05) is 36.4 Å². The molecule has 0 fully saturated rings. The summed E-state index contributed by atoms with van der Waals surface area (Å²) < 4.78 is 0. The van der Waals surface area contributed by atoms with Crippen LogP contribution in [0.5, 0.6) is 0 Å². The molecular formula is C20H19N3O. The van der Waals surface area contributed by atoms with Crippen LogP contribution in [-0.4, -0.2) is 22.4 Å². The Kier molecular flexibility index (Phi) is 4.96. The van der Waals surface area contributed by atoms with Crippen LogP contribution in [0.15, 0.2) is 66.9 Å². The standard InChI is InChI=1S/C20H19N3O/c1-15-18(10-11-19(23-15)16-7-3-2-4-8-16)20(24)22-14-12-17-9-5-6-13-21-17/h2-11,13H,12,14H2,1H3,(H,22,24). The molecule has 2 heterocycles. The fourth-order valence-corrected chi connectivity index (χ4v) is 2.52. The van der Waals surface area contributed by atoms with E-state index >= 15 is 0 Å². The van der Waals surface area contributed by atoms with E-state index < -0.39 is 0 Å². The number of hydrogen-bond acceptors (Lipinski definition) is 3. The quantitative estimate of drug-likeness (QED) is 0.784. The number of aromatic nitrogens is 2. The van der Waals surface area contributed by atoms with Gasteiger partial charge in [-0.2, -0.15) is 0 Å². The summed E-state index contributed by atoms with van der Waals surface area (Å²) in [7, 11) is 0. The Hall–Kier alpha value is -3.01. The van der Waals surface area contributed by atoms with Crippen molar-refractivity contribution in [3.8, 4) is 11.3 Å². The van der Waals surface area contributed by atoms with Crippen LogP contribution in [0.3, 0.4) is 0 Å². The molecule has 0 saturated heterocycles. The molecule has 120 valence electrons. The first kappa shape index (κ1) is 15.9. The van der Waals surface area contributed by atoms with E-state index in [0.717, 1.165) is 22.6 Å². The summed E-state index contributed by atoms with van der Waals surface area (Å²) >= 11 is 0. The number of carbonyl (C=O) groups is 1. The van der Waals surface area contributed by atoms with Gasteiger partial charge in [0.15, 0.2) is 0 Å². The largest absolute Gasteiger partial charge is 0.352 e. The van der Waals surface area contributed by atoms with E-state index in [-0.39, 0.29) is 5.91 Å². The van der Waals surface area contributed by atoms with Crippen molar-refractivity contribution < 1.29 is 4.79 Å². The molecule has 0 radical (unpaired) electrons. The second-order valence-electron chi connectivity index (χ2n) is 5.52. The minimum atomic E-state index is -0.101. The molecule has 0 bridgehead atoms. The Balaban J connectivity index is 1.65. The van der Waals surface area contributed by atoms with Crippen LogP contribution in [0.4, 0.5) is 0 Å². The van der Waals surface area contributed by atoms with Crippen LogP contribution in [0.2, 0.25) is 0 Å². The molecule has 1 N–H and O–H groups in total. The molecule has 4 heteroatoms. The van der Waals surface area contributed by atoms with E-state index in [1.54, 1.807) is 6.20 Å². The topological polar surface area (TPSA) is 54.9 Å². The van der Waals surface area contributed by atoms with Crippen molar-refractivity contribution in [3.63, 3.8) is 0 Å². The highest BCUT2D eigenvalue weighted by Gasteiger charge is 2.11. The van der Waals surface area contributed by atoms with E-state index in [0.29, 0.717) is 18.5 Å². The zero-order valence-corrected chi connectivity index (χ0v) is 13.6. The van der Waals surface area contributed by atoms with Gasteiger partial charge in [-0.3, -0.25) is 14.8 Å². The molecule has 0 spiro atoms. The highest BCUT2D eigenvalue weighted by Crippen LogP contribution is 2.18. The van der Waals surface area contributed by atoms with Gasteiger partial charge in [0.05, 0.1) is 17.0 Å². The molecule has 0 saturated carbocycles. The fraction of sp³-hybridized carbons (Fsp3) is 0.150. The Morgan fingerprint density at radius 1 is 1.00 bits per heavy atom. The molecule has 1 aromatic carbocycles. The average Bonchev–Trinajstić information content (AvgIpc) is 2.63. The van der Waals surface area contributed by atoms with Gasteiger partial charge in [-0.15, -0.1) is 0 Å². The van der Waals surface area contributed by atoms with Gasteiger partial charge in [-0.05, 0) is 31.2 Å². The number of rotatable bonds is 5. The summed E-state index contributed by atoms with van der Waals surface area (Å²) in [6.45, 7) is 2.41. The van der Waals surface area contributed by atoms with Crippen LogP contribution in [0.1, 0.15) is 21.7 Å². The van der Waals surface area contributed by atoms with Crippen molar-refractivity contribution in [1.29, 1.82) is 0 Å². The van der Waals surface area contributed by atoms with Crippen molar-refractivity contribution in [1.82, 2.24) is 15.3 Å². The van der Waals surface area contributed by atoms with Crippen molar-refractivity contribution in [2.45, 2.75) is 13.3 Å². The van der Waals surface area contributed by atoms with Crippen molar-refractivity contribution in [2.75, 3.05) is 6.54 Å². The van der Waals surface area contributed by atoms with Crippen LogP contribution in [0.25, 0.3) is 11.3 Å². The summed E-state index contributed by atoms with van der Waals surface area (Å²) in [6, 6.07) is 19.4. The number of nitrogens with one attached hydrogen (secondary N) is 1. The highest BCUT2D eigenvalue weighted by atomic mass is 16.1. The predicted molar refractivity (Wildman–Crippen MR) is 94.7 cm³/mol. The molecule has 3 aromatic rings. The third-order valence-electron chi connectivity index (χ3n) is 3.79. The maximum Gasteiger partial charge on any atom is 0.253 e. The summed E-state index contributed by atoms with van der Waals surface area (Å²) in [5, 5.41) is 2.93. The van der Waals surface area contributed by atoms with Crippen molar-refractivity contribution in [3.05, 3.63) is 83.8 Å².